The molecule has 0 bridgehead atoms. The van der Waals surface area contributed by atoms with Crippen molar-refractivity contribution in [1.29, 1.82) is 0 Å². The lowest BCUT2D eigenvalue weighted by Gasteiger charge is -2.34. The van der Waals surface area contributed by atoms with E-state index in [-0.39, 0.29) is 0 Å². The summed E-state index contributed by atoms with van der Waals surface area (Å²) < 4.78 is 0. The van der Waals surface area contributed by atoms with E-state index in [2.05, 4.69) is 17.1 Å². The fourth-order valence-corrected chi connectivity index (χ4v) is 0.964. The van der Waals surface area contributed by atoms with Crippen LogP contribution in [-0.4, -0.2) is 37.6 Å². The van der Waals surface area contributed by atoms with Crippen LogP contribution in [-0.2, 0) is 0 Å². The van der Waals surface area contributed by atoms with Crippen LogP contribution in [0.5, 0.6) is 0 Å². The monoisotopic (exact) mass is 113 g/mol. The molecule has 1 aliphatic heterocycles. The maximum atomic E-state index is 4.23. The van der Waals surface area contributed by atoms with Crippen molar-refractivity contribution >= 4 is 0 Å². The molecule has 0 spiro atoms. The van der Waals surface area contributed by atoms with Gasteiger partial charge in [0.25, 0.3) is 0 Å². The molecule has 0 aliphatic carbocycles. The summed E-state index contributed by atoms with van der Waals surface area (Å²) in [7, 11) is 0. The van der Waals surface area contributed by atoms with Crippen LogP contribution in [0.25, 0.3) is 5.32 Å². The van der Waals surface area contributed by atoms with Gasteiger partial charge in [0.05, 0.1) is 0 Å². The van der Waals surface area contributed by atoms with E-state index < -0.39 is 0 Å². The minimum atomic E-state index is 1.05. The molecule has 1 aliphatic rings. The molecule has 0 N–H and O–H groups in total. The quantitative estimate of drug-likeness (QED) is 0.489. The molecular weight excluding hydrogens is 100 g/mol. The van der Waals surface area contributed by atoms with Crippen LogP contribution < -0.4 is 0 Å². The van der Waals surface area contributed by atoms with E-state index in [1.54, 1.807) is 0 Å². The fourth-order valence-electron chi connectivity index (χ4n) is 0.964. The van der Waals surface area contributed by atoms with Gasteiger partial charge in [-0.2, -0.15) is 0 Å². The second kappa shape index (κ2) is 3.05. The topological polar surface area (TPSA) is 17.3 Å². The lowest BCUT2D eigenvalue weighted by atomic mass is 10.4. The van der Waals surface area contributed by atoms with Crippen LogP contribution in [0.3, 0.4) is 0 Å². The van der Waals surface area contributed by atoms with Crippen molar-refractivity contribution in [3.8, 4) is 0 Å². The van der Waals surface area contributed by atoms with Gasteiger partial charge in [-0.15, -0.1) is 13.1 Å². The van der Waals surface area contributed by atoms with Crippen LogP contribution in [0.2, 0.25) is 0 Å². The van der Waals surface area contributed by atoms with Crippen LogP contribution >= 0.6 is 0 Å². The maximum Gasteiger partial charge on any atom is -0.00486 e. The molecule has 48 valence electrons. The standard InChI is InChI=1S/C6H13N2/c1-2-8-5-3-7-4-6-8/h2-6H2,1H3/q-1. The van der Waals surface area contributed by atoms with Crippen molar-refractivity contribution in [2.45, 2.75) is 6.92 Å². The Morgan fingerprint density at radius 2 is 2.00 bits per heavy atom. The number of hydrogen-bond acceptors (Lipinski definition) is 1. The number of piperazine rings is 1. The SMILES string of the molecule is CCN1CC[N-]CC1. The first-order valence-electron chi connectivity index (χ1n) is 3.29. The molecular formula is C6H13N2-. The molecule has 0 saturated carbocycles. The summed E-state index contributed by atoms with van der Waals surface area (Å²) in [6, 6.07) is 0. The molecule has 0 atom stereocenters. The van der Waals surface area contributed by atoms with Gasteiger partial charge < -0.3 is 10.2 Å². The molecule has 0 unspecified atom stereocenters. The summed E-state index contributed by atoms with van der Waals surface area (Å²) in [6.07, 6.45) is 0. The summed E-state index contributed by atoms with van der Waals surface area (Å²) in [5.74, 6) is 0. The molecule has 1 rings (SSSR count). The lowest BCUT2D eigenvalue weighted by molar-refractivity contribution is 0.294. The highest BCUT2D eigenvalue weighted by molar-refractivity contribution is 4.87. The second-order valence-electron chi connectivity index (χ2n) is 2.11. The van der Waals surface area contributed by atoms with Crippen molar-refractivity contribution in [3.63, 3.8) is 0 Å². The number of nitrogens with zero attached hydrogens (tertiary/aromatic N) is 2. The third-order valence-electron chi connectivity index (χ3n) is 1.60. The van der Waals surface area contributed by atoms with Gasteiger partial charge in [-0.05, 0) is 19.6 Å². The highest BCUT2D eigenvalue weighted by atomic mass is 15.2. The molecule has 8 heavy (non-hydrogen) atoms. The number of rotatable bonds is 1. The van der Waals surface area contributed by atoms with Crippen molar-refractivity contribution < 1.29 is 0 Å². The molecule has 2 heteroatoms. The Balaban J connectivity index is 2.13. The van der Waals surface area contributed by atoms with Gasteiger partial charge in [0.15, 0.2) is 0 Å². The summed E-state index contributed by atoms with van der Waals surface area (Å²) >= 11 is 0. The predicted molar refractivity (Wildman–Crippen MR) is 35.2 cm³/mol. The highest BCUT2D eigenvalue weighted by Crippen LogP contribution is 1.98. The van der Waals surface area contributed by atoms with Gasteiger partial charge in [0.1, 0.15) is 0 Å². The smallest absolute Gasteiger partial charge is 0.00486 e. The third-order valence-corrected chi connectivity index (χ3v) is 1.60. The summed E-state index contributed by atoms with van der Waals surface area (Å²) in [5.41, 5.74) is 0. The first-order valence-corrected chi connectivity index (χ1v) is 3.29. The van der Waals surface area contributed by atoms with E-state index in [4.69, 9.17) is 0 Å². The van der Waals surface area contributed by atoms with Gasteiger partial charge in [-0.1, -0.05) is 6.92 Å². The van der Waals surface area contributed by atoms with Gasteiger partial charge in [0.2, 0.25) is 0 Å². The normalized spacial score (nSPS) is 23.6. The molecule has 1 heterocycles. The van der Waals surface area contributed by atoms with E-state index >= 15 is 0 Å². The van der Waals surface area contributed by atoms with Crippen LogP contribution in [0.1, 0.15) is 6.92 Å². The Labute approximate surface area is 50.9 Å². The zero-order valence-corrected chi connectivity index (χ0v) is 5.43. The summed E-state index contributed by atoms with van der Waals surface area (Å²) in [4.78, 5) is 2.42. The predicted octanol–water partition coefficient (Wildman–Crippen LogP) is 0.696. The van der Waals surface area contributed by atoms with Gasteiger partial charge >= 0.3 is 0 Å². The molecule has 0 aromatic heterocycles. The summed E-state index contributed by atoms with van der Waals surface area (Å²) in [5, 5.41) is 4.23. The molecule has 0 radical (unpaired) electrons. The van der Waals surface area contributed by atoms with E-state index in [0.29, 0.717) is 0 Å². The molecule has 0 aromatic carbocycles. The molecule has 0 aromatic rings. The van der Waals surface area contributed by atoms with E-state index in [0.717, 1.165) is 13.1 Å². The Morgan fingerprint density at radius 1 is 1.38 bits per heavy atom. The van der Waals surface area contributed by atoms with Crippen molar-refractivity contribution in [2.24, 2.45) is 0 Å². The second-order valence-corrected chi connectivity index (χ2v) is 2.11. The van der Waals surface area contributed by atoms with E-state index in [9.17, 15) is 0 Å². The van der Waals surface area contributed by atoms with Crippen molar-refractivity contribution in [2.75, 3.05) is 32.7 Å². The molecule has 2 nitrogen and oxygen atoms in total. The van der Waals surface area contributed by atoms with Crippen molar-refractivity contribution in [3.05, 3.63) is 5.32 Å². The van der Waals surface area contributed by atoms with Crippen LogP contribution in [0, 0.1) is 0 Å². The summed E-state index contributed by atoms with van der Waals surface area (Å²) in [6.45, 7) is 7.84. The zero-order chi connectivity index (χ0) is 5.82. The zero-order valence-electron chi connectivity index (χ0n) is 5.43. The van der Waals surface area contributed by atoms with Gasteiger partial charge in [-0.25, -0.2) is 0 Å². The lowest BCUT2D eigenvalue weighted by Crippen LogP contribution is -2.33. The van der Waals surface area contributed by atoms with Crippen LogP contribution in [0.4, 0.5) is 0 Å². The van der Waals surface area contributed by atoms with Gasteiger partial charge in [0, 0.05) is 0 Å². The Bertz CT molecular complexity index is 57.5. The minimum absolute atomic E-state index is 1.05. The largest absolute Gasteiger partial charge is 0.660 e. The number of likely N-dealkylation sites (N-methyl/N-ethyl adjacent to an activating group) is 1. The first kappa shape index (κ1) is 6.05. The highest BCUT2D eigenvalue weighted by Gasteiger charge is 1.97. The van der Waals surface area contributed by atoms with E-state index in [1.807, 2.05) is 0 Å². The van der Waals surface area contributed by atoms with Crippen molar-refractivity contribution in [1.82, 2.24) is 4.90 Å². The number of hydrogen-bond donors (Lipinski definition) is 0. The first-order chi connectivity index (χ1) is 3.93. The Kier molecular flexibility index (Phi) is 2.30. The third kappa shape index (κ3) is 1.46. The fraction of sp³-hybridized carbons (Fsp3) is 1.00. The Morgan fingerprint density at radius 3 is 2.38 bits per heavy atom. The van der Waals surface area contributed by atoms with E-state index in [1.165, 1.54) is 19.6 Å². The average molecular weight is 113 g/mol. The molecule has 1 fully saturated rings. The minimum Gasteiger partial charge on any atom is -0.660 e. The van der Waals surface area contributed by atoms with Crippen LogP contribution in [0.15, 0.2) is 0 Å². The average Bonchev–Trinajstić information content (AvgIpc) is 1.90. The van der Waals surface area contributed by atoms with Gasteiger partial charge in [-0.3, -0.25) is 0 Å². The molecule has 0 amide bonds. The Hall–Kier alpha value is -0.0800. The maximum absolute atomic E-state index is 4.23. The molecule has 1 saturated heterocycles.